The van der Waals surface area contributed by atoms with E-state index in [0.29, 0.717) is 33.6 Å². The van der Waals surface area contributed by atoms with Crippen molar-refractivity contribution >= 4 is 57.9 Å². The second-order valence-corrected chi connectivity index (χ2v) is 11.0. The van der Waals surface area contributed by atoms with Gasteiger partial charge in [0.15, 0.2) is 0 Å². The lowest BCUT2D eigenvalue weighted by molar-refractivity contribution is -0.116. The second-order valence-electron chi connectivity index (χ2n) is 9.27. The maximum absolute atomic E-state index is 12.6. The van der Waals surface area contributed by atoms with Gasteiger partial charge in [0.05, 0.1) is 33.7 Å². The van der Waals surface area contributed by atoms with Crippen LogP contribution in [0, 0.1) is 5.92 Å². The number of anilines is 3. The molecule has 0 aliphatic carbocycles. The molecule has 3 amide bonds. The Balaban J connectivity index is 1.47. The molecule has 2 saturated heterocycles. The standard InChI is InChI=1S/C24H30ClN5O4S/c1-14(2)9-22(31)28-18-10-16(3-4-19(18)29-8-7-15(26)12-29)30-13-17(34-24(30)33)11-27-23(32)20-5-6-21(25)35-20/h3-6,10,14-15,17H,7-9,11-13,26H2,1-2H3,(H,27,32)(H,28,31). The summed E-state index contributed by atoms with van der Waals surface area (Å²) < 4.78 is 6.00. The molecule has 2 fully saturated rings. The summed E-state index contributed by atoms with van der Waals surface area (Å²) in [6, 6.07) is 8.94. The molecule has 0 spiro atoms. The molecule has 0 radical (unpaired) electrons. The van der Waals surface area contributed by atoms with Crippen LogP contribution in [0.15, 0.2) is 30.3 Å². The number of benzene rings is 1. The van der Waals surface area contributed by atoms with Gasteiger partial charge < -0.3 is 26.0 Å². The maximum Gasteiger partial charge on any atom is 0.414 e. The fraction of sp³-hybridized carbons (Fsp3) is 0.458. The zero-order chi connectivity index (χ0) is 25.1. The average molecular weight is 520 g/mol. The molecule has 35 heavy (non-hydrogen) atoms. The van der Waals surface area contributed by atoms with E-state index < -0.39 is 12.2 Å². The SMILES string of the molecule is CC(C)CC(=O)Nc1cc(N2CC(CNC(=O)c3ccc(Cl)s3)OC2=O)ccc1N1CCC(N)C1. The van der Waals surface area contributed by atoms with Gasteiger partial charge in [0, 0.05) is 31.2 Å². The molecule has 1 aromatic carbocycles. The van der Waals surface area contributed by atoms with Crippen LogP contribution in [0.25, 0.3) is 0 Å². The van der Waals surface area contributed by atoms with Gasteiger partial charge in [0.2, 0.25) is 5.91 Å². The minimum Gasteiger partial charge on any atom is -0.442 e. The van der Waals surface area contributed by atoms with Crippen molar-refractivity contribution in [1.29, 1.82) is 0 Å². The molecule has 11 heteroatoms. The number of halogens is 1. The summed E-state index contributed by atoms with van der Waals surface area (Å²) in [4.78, 5) is 41.6. The van der Waals surface area contributed by atoms with Crippen LogP contribution >= 0.6 is 22.9 Å². The van der Waals surface area contributed by atoms with E-state index >= 15 is 0 Å². The van der Waals surface area contributed by atoms with Crippen molar-refractivity contribution in [2.45, 2.75) is 38.8 Å². The van der Waals surface area contributed by atoms with E-state index in [2.05, 4.69) is 15.5 Å². The molecule has 4 N–H and O–H groups in total. The summed E-state index contributed by atoms with van der Waals surface area (Å²) in [6.45, 7) is 5.94. The first-order valence-electron chi connectivity index (χ1n) is 11.7. The summed E-state index contributed by atoms with van der Waals surface area (Å²) in [7, 11) is 0. The molecule has 2 aliphatic heterocycles. The number of ether oxygens (including phenoxy) is 1. The molecule has 2 aliphatic rings. The molecule has 4 rings (SSSR count). The van der Waals surface area contributed by atoms with Gasteiger partial charge in [-0.25, -0.2) is 4.79 Å². The lowest BCUT2D eigenvalue weighted by Crippen LogP contribution is -2.34. The summed E-state index contributed by atoms with van der Waals surface area (Å²) in [5, 5.41) is 5.80. The number of thiophene rings is 1. The first kappa shape index (κ1) is 25.3. The van der Waals surface area contributed by atoms with Gasteiger partial charge in [-0.2, -0.15) is 0 Å². The van der Waals surface area contributed by atoms with E-state index in [0.717, 1.165) is 18.7 Å². The summed E-state index contributed by atoms with van der Waals surface area (Å²) in [5.41, 5.74) is 8.23. The lowest BCUT2D eigenvalue weighted by Gasteiger charge is -2.24. The van der Waals surface area contributed by atoms with Crippen molar-refractivity contribution in [3.63, 3.8) is 0 Å². The number of nitrogens with two attached hydrogens (primary N) is 1. The van der Waals surface area contributed by atoms with Gasteiger partial charge in [0.1, 0.15) is 6.10 Å². The Morgan fingerprint density at radius 2 is 2.06 bits per heavy atom. The molecule has 0 saturated carbocycles. The molecule has 0 bridgehead atoms. The van der Waals surface area contributed by atoms with E-state index in [1.165, 1.54) is 16.2 Å². The van der Waals surface area contributed by atoms with Gasteiger partial charge in [-0.05, 0) is 42.7 Å². The number of carbonyl (C=O) groups is 3. The van der Waals surface area contributed by atoms with Gasteiger partial charge in [0.25, 0.3) is 5.91 Å². The zero-order valence-corrected chi connectivity index (χ0v) is 21.3. The number of nitrogens with one attached hydrogen (secondary N) is 2. The Morgan fingerprint density at radius 1 is 1.26 bits per heavy atom. The number of rotatable bonds is 8. The highest BCUT2D eigenvalue weighted by Crippen LogP contribution is 2.34. The predicted octanol–water partition coefficient (Wildman–Crippen LogP) is 3.68. The molecule has 2 atom stereocenters. The molecular formula is C24H30ClN5O4S. The quantitative estimate of drug-likeness (QED) is 0.490. The van der Waals surface area contributed by atoms with Crippen molar-refractivity contribution in [2.24, 2.45) is 11.7 Å². The van der Waals surface area contributed by atoms with Gasteiger partial charge >= 0.3 is 6.09 Å². The number of nitrogens with zero attached hydrogens (tertiary/aromatic N) is 2. The summed E-state index contributed by atoms with van der Waals surface area (Å²) in [5.74, 6) is -0.128. The van der Waals surface area contributed by atoms with Crippen molar-refractivity contribution in [1.82, 2.24) is 5.32 Å². The zero-order valence-electron chi connectivity index (χ0n) is 19.8. The third-order valence-electron chi connectivity index (χ3n) is 5.89. The van der Waals surface area contributed by atoms with Crippen LogP contribution in [0.4, 0.5) is 21.9 Å². The monoisotopic (exact) mass is 519 g/mol. The third kappa shape index (κ3) is 6.25. The largest absolute Gasteiger partial charge is 0.442 e. The van der Waals surface area contributed by atoms with Crippen molar-refractivity contribution in [3.8, 4) is 0 Å². The van der Waals surface area contributed by atoms with Gasteiger partial charge in [-0.1, -0.05) is 25.4 Å². The van der Waals surface area contributed by atoms with Crippen LogP contribution in [0.3, 0.4) is 0 Å². The highest BCUT2D eigenvalue weighted by molar-refractivity contribution is 7.18. The van der Waals surface area contributed by atoms with Gasteiger partial charge in [-0.3, -0.25) is 14.5 Å². The second kappa shape index (κ2) is 10.8. The lowest BCUT2D eigenvalue weighted by atomic mass is 10.1. The van der Waals surface area contributed by atoms with Crippen LogP contribution < -0.4 is 26.2 Å². The van der Waals surface area contributed by atoms with E-state index in [9.17, 15) is 14.4 Å². The normalized spacial score (nSPS) is 19.9. The fourth-order valence-corrected chi connectivity index (χ4v) is 5.17. The minimum absolute atomic E-state index is 0.0832. The Kier molecular flexibility index (Phi) is 7.83. The molecule has 9 nitrogen and oxygen atoms in total. The number of hydrogen-bond donors (Lipinski definition) is 3. The Bertz CT molecular complexity index is 1110. The number of amides is 3. The predicted molar refractivity (Wildman–Crippen MR) is 139 cm³/mol. The first-order chi connectivity index (χ1) is 16.7. The Hall–Kier alpha value is -2.82. The van der Waals surface area contributed by atoms with E-state index in [1.807, 2.05) is 26.0 Å². The number of carbonyl (C=O) groups excluding carboxylic acids is 3. The van der Waals surface area contributed by atoms with E-state index in [-0.39, 0.29) is 36.9 Å². The van der Waals surface area contributed by atoms with Crippen molar-refractivity contribution < 1.29 is 19.1 Å². The molecule has 2 unspecified atom stereocenters. The van der Waals surface area contributed by atoms with Crippen LogP contribution in [0.5, 0.6) is 0 Å². The Labute approximate surface area is 213 Å². The maximum atomic E-state index is 12.6. The number of hydrogen-bond acceptors (Lipinski definition) is 7. The van der Waals surface area contributed by atoms with Crippen LogP contribution in [0.2, 0.25) is 4.34 Å². The van der Waals surface area contributed by atoms with E-state index in [4.69, 9.17) is 22.1 Å². The van der Waals surface area contributed by atoms with Crippen LogP contribution in [-0.2, 0) is 9.53 Å². The summed E-state index contributed by atoms with van der Waals surface area (Å²) >= 11 is 7.08. The first-order valence-corrected chi connectivity index (χ1v) is 12.8. The van der Waals surface area contributed by atoms with E-state index in [1.54, 1.807) is 18.2 Å². The average Bonchev–Trinajstić information content (AvgIpc) is 3.51. The molecule has 2 aromatic rings. The van der Waals surface area contributed by atoms with Crippen molar-refractivity contribution in [3.05, 3.63) is 39.5 Å². The van der Waals surface area contributed by atoms with Gasteiger partial charge in [-0.15, -0.1) is 11.3 Å². The summed E-state index contributed by atoms with van der Waals surface area (Å²) in [6.07, 6.45) is 0.271. The van der Waals surface area contributed by atoms with Crippen LogP contribution in [0.1, 0.15) is 36.4 Å². The minimum atomic E-state index is -0.503. The topological polar surface area (TPSA) is 117 Å². The molecule has 3 heterocycles. The highest BCUT2D eigenvalue weighted by atomic mass is 35.5. The molecule has 188 valence electrons. The smallest absolute Gasteiger partial charge is 0.414 e. The number of cyclic esters (lactones) is 1. The third-order valence-corrected chi connectivity index (χ3v) is 7.12. The highest BCUT2D eigenvalue weighted by Gasteiger charge is 2.33. The Morgan fingerprint density at radius 3 is 2.71 bits per heavy atom. The van der Waals surface area contributed by atoms with Crippen molar-refractivity contribution in [2.75, 3.05) is 41.3 Å². The fourth-order valence-electron chi connectivity index (χ4n) is 4.21. The van der Waals surface area contributed by atoms with Crippen LogP contribution in [-0.4, -0.2) is 56.2 Å². The molecule has 1 aromatic heterocycles. The molecular weight excluding hydrogens is 490 g/mol.